The molecule has 0 heterocycles. The van der Waals surface area contributed by atoms with E-state index >= 15 is 0 Å². The second-order valence-electron chi connectivity index (χ2n) is 11.9. The third-order valence-electron chi connectivity index (χ3n) is 6.41. The number of esters is 1. The number of rotatable bonds is 12. The minimum Gasteiger partial charge on any atom is -0.480 e. The first-order valence-corrected chi connectivity index (χ1v) is 16.5. The lowest BCUT2D eigenvalue weighted by Crippen LogP contribution is -2.59. The Kier molecular flexibility index (Phi) is 16.5. The molecule has 0 unspecified atom stereocenters. The Morgan fingerprint density at radius 2 is 1.08 bits per heavy atom. The summed E-state index contributed by atoms with van der Waals surface area (Å²) >= 11 is 6.61. The zero-order chi connectivity index (χ0) is 36.7. The molecule has 2 rings (SSSR count). The molecule has 2 aromatic rings. The summed E-state index contributed by atoms with van der Waals surface area (Å²) in [5, 5.41) is 23.9. The van der Waals surface area contributed by atoms with Crippen LogP contribution in [-0.2, 0) is 23.9 Å². The first-order valence-electron chi connectivity index (χ1n) is 14.9. The van der Waals surface area contributed by atoms with E-state index in [-0.39, 0.29) is 6.54 Å². The highest BCUT2D eigenvalue weighted by atomic mass is 79.9. The van der Waals surface area contributed by atoms with Crippen molar-refractivity contribution in [2.75, 3.05) is 23.7 Å². The Hall–Kier alpha value is -4.18. The molecule has 0 aliphatic heterocycles. The molecule has 0 radical (unpaired) electrons. The summed E-state index contributed by atoms with van der Waals surface area (Å²) in [6.45, 7) is 11.1. The van der Waals surface area contributed by atoms with Crippen LogP contribution in [0.5, 0.6) is 0 Å². The van der Waals surface area contributed by atoms with Crippen LogP contribution in [0.4, 0.5) is 21.0 Å². The molecular formula is C32H44Br2N6O8. The predicted octanol–water partition coefficient (Wildman–Crippen LogP) is 5.14. The number of carboxylic acids is 1. The Labute approximate surface area is 297 Å². The van der Waals surface area contributed by atoms with Gasteiger partial charge in [-0.05, 0) is 96.0 Å². The Morgan fingerprint density at radius 1 is 0.667 bits per heavy atom. The zero-order valence-electron chi connectivity index (χ0n) is 28.0. The first kappa shape index (κ1) is 41.8. The molecule has 0 atom stereocenters. The highest BCUT2D eigenvalue weighted by molar-refractivity contribution is 9.10. The number of amides is 6. The maximum absolute atomic E-state index is 12.2. The molecule has 0 aliphatic rings. The summed E-state index contributed by atoms with van der Waals surface area (Å²) in [6.07, 6.45) is 0.672. The second kappa shape index (κ2) is 19.0. The van der Waals surface area contributed by atoms with E-state index in [0.717, 1.165) is 8.95 Å². The summed E-state index contributed by atoms with van der Waals surface area (Å²) < 4.78 is 6.88. The normalized spacial score (nSPS) is 11.1. The highest BCUT2D eigenvalue weighted by Crippen LogP contribution is 2.18. The quantitative estimate of drug-likeness (QED) is 0.143. The van der Waals surface area contributed by atoms with Gasteiger partial charge in [0.25, 0.3) is 0 Å². The number of ether oxygens (including phenoxy) is 1. The number of halogens is 2. The fourth-order valence-electron chi connectivity index (χ4n) is 3.83. The monoisotopic (exact) mass is 798 g/mol. The van der Waals surface area contributed by atoms with E-state index < -0.39 is 59.0 Å². The van der Waals surface area contributed by atoms with Crippen LogP contribution in [0.1, 0.15) is 61.3 Å². The maximum Gasteiger partial charge on any atom is 0.325 e. The number of nitrogens with one attached hydrogen (secondary N) is 6. The molecule has 0 saturated carbocycles. The van der Waals surface area contributed by atoms with Crippen molar-refractivity contribution in [1.82, 2.24) is 21.3 Å². The number of hydrogen-bond donors (Lipinski definition) is 7. The number of carbonyl (C=O) groups excluding carboxylic acids is 5. The molecule has 0 aliphatic carbocycles. The maximum atomic E-state index is 12.2. The molecule has 0 spiro atoms. The molecule has 0 aromatic heterocycles. The van der Waals surface area contributed by atoms with Crippen LogP contribution in [0.15, 0.2) is 57.5 Å². The Balaban J connectivity index is 0.000000482. The van der Waals surface area contributed by atoms with Gasteiger partial charge in [-0.15, -0.1) is 0 Å². The van der Waals surface area contributed by atoms with Gasteiger partial charge in [0.05, 0.1) is 0 Å². The van der Waals surface area contributed by atoms with E-state index in [0.29, 0.717) is 24.2 Å². The molecule has 0 saturated heterocycles. The largest absolute Gasteiger partial charge is 0.480 e. The van der Waals surface area contributed by atoms with Crippen LogP contribution >= 0.6 is 31.9 Å². The Morgan fingerprint density at radius 3 is 1.48 bits per heavy atom. The molecule has 48 heavy (non-hydrogen) atoms. The molecule has 6 amide bonds. The van der Waals surface area contributed by atoms with Crippen LogP contribution in [-0.4, -0.2) is 70.7 Å². The van der Waals surface area contributed by atoms with Crippen LogP contribution in [0.25, 0.3) is 0 Å². The van der Waals surface area contributed by atoms with Gasteiger partial charge in [0.15, 0.2) is 0 Å². The summed E-state index contributed by atoms with van der Waals surface area (Å²) in [5.74, 6) is -2.70. The van der Waals surface area contributed by atoms with Gasteiger partial charge in [0, 0.05) is 20.3 Å². The average molecular weight is 801 g/mol. The SMILES string of the molecule is CC(C)(C)OC(=O)CNC(=O)C(C)(C)NC(=O)Nc1ccc(Br)cc1.CCC(CC)(NC(=O)Nc1ccc(Br)cc1)C(=O)NCC(=O)O. The van der Waals surface area contributed by atoms with Crippen LogP contribution in [0.3, 0.4) is 0 Å². The molecular weight excluding hydrogens is 756 g/mol. The number of urea groups is 2. The molecule has 16 heteroatoms. The number of carbonyl (C=O) groups is 6. The predicted molar refractivity (Wildman–Crippen MR) is 189 cm³/mol. The number of carboxylic acid groups (broad SMARTS) is 1. The summed E-state index contributed by atoms with van der Waals surface area (Å²) in [6, 6.07) is 13.0. The van der Waals surface area contributed by atoms with Crippen molar-refractivity contribution in [2.24, 2.45) is 0 Å². The lowest BCUT2D eigenvalue weighted by Gasteiger charge is -2.31. The van der Waals surface area contributed by atoms with Gasteiger partial charge in [-0.3, -0.25) is 19.2 Å². The molecule has 7 N–H and O–H groups in total. The first-order chi connectivity index (χ1) is 22.2. The van der Waals surface area contributed by atoms with Crippen molar-refractivity contribution in [3.8, 4) is 0 Å². The van der Waals surface area contributed by atoms with Crippen molar-refractivity contribution >= 4 is 79.0 Å². The Bertz CT molecular complexity index is 1420. The van der Waals surface area contributed by atoms with Gasteiger partial charge >= 0.3 is 24.0 Å². The van der Waals surface area contributed by atoms with E-state index in [1.807, 2.05) is 0 Å². The lowest BCUT2D eigenvalue weighted by molar-refractivity contribution is -0.154. The van der Waals surface area contributed by atoms with Crippen molar-refractivity contribution in [3.63, 3.8) is 0 Å². The van der Waals surface area contributed by atoms with Gasteiger partial charge in [0.2, 0.25) is 11.8 Å². The minimum atomic E-state index is -1.21. The van der Waals surface area contributed by atoms with Gasteiger partial charge in [-0.25, -0.2) is 9.59 Å². The molecule has 14 nitrogen and oxygen atoms in total. The molecule has 264 valence electrons. The zero-order valence-corrected chi connectivity index (χ0v) is 31.2. The third kappa shape index (κ3) is 15.6. The van der Waals surface area contributed by atoms with E-state index in [4.69, 9.17) is 9.84 Å². The van der Waals surface area contributed by atoms with Gasteiger partial charge in [-0.1, -0.05) is 45.7 Å². The number of anilines is 2. The van der Waals surface area contributed by atoms with Crippen LogP contribution in [0, 0.1) is 0 Å². The van der Waals surface area contributed by atoms with Crippen molar-refractivity contribution < 1.29 is 38.6 Å². The molecule has 2 aromatic carbocycles. The van der Waals surface area contributed by atoms with E-state index in [1.165, 1.54) is 0 Å². The second-order valence-corrected chi connectivity index (χ2v) is 13.8. The molecule has 0 bridgehead atoms. The van der Waals surface area contributed by atoms with Gasteiger partial charge in [0.1, 0.15) is 29.8 Å². The lowest BCUT2D eigenvalue weighted by atomic mass is 9.91. The van der Waals surface area contributed by atoms with E-state index in [1.54, 1.807) is 97.0 Å². The highest BCUT2D eigenvalue weighted by Gasteiger charge is 2.36. The number of benzene rings is 2. The van der Waals surface area contributed by atoms with Crippen LogP contribution < -0.4 is 31.9 Å². The summed E-state index contributed by atoms with van der Waals surface area (Å²) in [5.41, 5.74) is -1.82. The summed E-state index contributed by atoms with van der Waals surface area (Å²) in [7, 11) is 0. The van der Waals surface area contributed by atoms with Gasteiger partial charge in [-0.2, -0.15) is 0 Å². The smallest absolute Gasteiger partial charge is 0.325 e. The average Bonchev–Trinajstić information content (AvgIpc) is 2.99. The van der Waals surface area contributed by atoms with Crippen LogP contribution in [0.2, 0.25) is 0 Å². The number of aliphatic carboxylic acids is 1. The topological polar surface area (TPSA) is 204 Å². The fraction of sp³-hybridized carbons (Fsp3) is 0.438. The summed E-state index contributed by atoms with van der Waals surface area (Å²) in [4.78, 5) is 70.8. The van der Waals surface area contributed by atoms with Gasteiger partial charge < -0.3 is 41.7 Å². The van der Waals surface area contributed by atoms with Crippen molar-refractivity contribution in [2.45, 2.75) is 78.0 Å². The molecule has 0 fully saturated rings. The fourth-order valence-corrected chi connectivity index (χ4v) is 4.36. The van der Waals surface area contributed by atoms with E-state index in [9.17, 15) is 28.8 Å². The van der Waals surface area contributed by atoms with Crippen molar-refractivity contribution in [1.29, 1.82) is 0 Å². The number of hydrogen-bond acceptors (Lipinski definition) is 7. The van der Waals surface area contributed by atoms with E-state index in [2.05, 4.69) is 63.8 Å². The third-order valence-corrected chi connectivity index (χ3v) is 7.46. The van der Waals surface area contributed by atoms with Crippen molar-refractivity contribution in [3.05, 3.63) is 57.5 Å². The standard InChI is InChI=1S/C17H24BrN3O4.C15H20BrN3O4/c1-16(2,3)25-13(22)10-19-14(23)17(4,5)21-15(24)20-12-8-6-11(18)7-9-12;1-3-15(4-2,13(22)17-9-12(20)21)19-14(23)18-11-7-5-10(16)6-8-11/h6-9H,10H2,1-5H3,(H,19,23)(H2,20,21,24);5-8H,3-4,9H2,1-2H3,(H,17,22)(H,20,21)(H2,18,19,23). The minimum absolute atomic E-state index is 0.268.